The van der Waals surface area contributed by atoms with E-state index in [1.54, 1.807) is 20.0 Å². The summed E-state index contributed by atoms with van der Waals surface area (Å²) < 4.78 is 46.8. The van der Waals surface area contributed by atoms with Crippen molar-refractivity contribution >= 4 is 39.2 Å². The van der Waals surface area contributed by atoms with E-state index in [1.807, 2.05) is 36.4 Å². The van der Waals surface area contributed by atoms with Crippen molar-refractivity contribution in [3.8, 4) is 0 Å². The van der Waals surface area contributed by atoms with E-state index in [0.29, 0.717) is 16.8 Å². The normalized spacial score (nSPS) is 16.4. The van der Waals surface area contributed by atoms with Crippen molar-refractivity contribution in [2.75, 3.05) is 7.05 Å². The molecule has 1 heterocycles. The van der Waals surface area contributed by atoms with Gasteiger partial charge in [0.25, 0.3) is 0 Å². The highest BCUT2D eigenvalue weighted by Crippen LogP contribution is 2.41. The molecule has 0 bridgehead atoms. The molecule has 1 aliphatic heterocycles. The molecule has 164 valence electrons. The number of thiocarbonyl (C=S) groups is 1. The Morgan fingerprint density at radius 1 is 1.09 bits per heavy atom. The first-order valence-corrected chi connectivity index (χ1v) is 10.5. The number of ketones is 1. The Bertz CT molecular complexity index is 1260. The first kappa shape index (κ1) is 22.0. The van der Waals surface area contributed by atoms with E-state index in [-0.39, 0.29) is 22.6 Å². The molecule has 4 rings (SSSR count). The average Bonchev–Trinajstić information content (AvgIpc) is 3.13. The Labute approximate surface area is 188 Å². The minimum atomic E-state index is -4.58. The van der Waals surface area contributed by atoms with Crippen LogP contribution in [0.1, 0.15) is 41.7 Å². The Morgan fingerprint density at radius 2 is 1.81 bits per heavy atom. The molecule has 3 aromatic rings. The van der Waals surface area contributed by atoms with Gasteiger partial charge >= 0.3 is 6.18 Å². The maximum absolute atomic E-state index is 13.6. The lowest BCUT2D eigenvalue weighted by Crippen LogP contribution is -2.12. The summed E-state index contributed by atoms with van der Waals surface area (Å²) in [7, 11) is 1.57. The number of hydrogen-bond donors (Lipinski definition) is 1. The van der Waals surface area contributed by atoms with Crippen LogP contribution in [-0.2, 0) is 15.7 Å². The third-order valence-corrected chi connectivity index (χ3v) is 6.00. The summed E-state index contributed by atoms with van der Waals surface area (Å²) in [6.07, 6.45) is -5.13. The number of halogens is 3. The third-order valence-electron chi connectivity index (χ3n) is 5.47. The van der Waals surface area contributed by atoms with Gasteiger partial charge < -0.3 is 10.1 Å². The molecule has 0 saturated carbocycles. The van der Waals surface area contributed by atoms with E-state index < -0.39 is 23.6 Å². The minimum absolute atomic E-state index is 0.0803. The molecule has 0 amide bonds. The number of hydrogen-bond acceptors (Lipinski definition) is 4. The predicted molar refractivity (Wildman–Crippen MR) is 122 cm³/mol. The van der Waals surface area contributed by atoms with Crippen LogP contribution in [0.5, 0.6) is 0 Å². The maximum Gasteiger partial charge on any atom is 0.416 e. The summed E-state index contributed by atoms with van der Waals surface area (Å²) in [6.45, 7) is 1.78. The molecule has 32 heavy (non-hydrogen) atoms. The summed E-state index contributed by atoms with van der Waals surface area (Å²) in [4.78, 5) is 13.9. The molecule has 1 unspecified atom stereocenters. The quantitative estimate of drug-likeness (QED) is 0.366. The van der Waals surface area contributed by atoms with Crippen LogP contribution in [0.4, 0.5) is 13.2 Å². The molecular formula is C25H20F3NO2S. The number of fused-ring (bicyclic) bond motifs is 1. The van der Waals surface area contributed by atoms with E-state index in [9.17, 15) is 18.0 Å². The van der Waals surface area contributed by atoms with Gasteiger partial charge in [0.05, 0.1) is 11.1 Å². The lowest BCUT2D eigenvalue weighted by Gasteiger charge is -2.14. The van der Waals surface area contributed by atoms with Crippen LogP contribution in [0.2, 0.25) is 0 Å². The number of Topliss-reactive ketones (excluding diaryl/α,β-unsaturated/α-hetero) is 1. The highest BCUT2D eigenvalue weighted by Gasteiger charge is 2.39. The Balaban J connectivity index is 1.85. The van der Waals surface area contributed by atoms with Crippen molar-refractivity contribution in [2.45, 2.75) is 25.6 Å². The summed E-state index contributed by atoms with van der Waals surface area (Å²) in [5, 5.41) is 4.62. The van der Waals surface area contributed by atoms with E-state index >= 15 is 0 Å². The van der Waals surface area contributed by atoms with Gasteiger partial charge in [0.2, 0.25) is 5.78 Å². The van der Waals surface area contributed by atoms with Gasteiger partial charge in [0.15, 0.2) is 12.0 Å². The lowest BCUT2D eigenvalue weighted by atomic mass is 9.91. The van der Waals surface area contributed by atoms with Crippen LogP contribution in [0.3, 0.4) is 0 Å². The van der Waals surface area contributed by atoms with Gasteiger partial charge in [-0.2, -0.15) is 13.2 Å². The molecule has 0 fully saturated rings. The van der Waals surface area contributed by atoms with Crippen LogP contribution < -0.4 is 5.32 Å². The van der Waals surface area contributed by atoms with E-state index in [0.717, 1.165) is 22.9 Å². The number of rotatable bonds is 5. The Kier molecular flexibility index (Phi) is 5.77. The molecular weight excluding hydrogens is 435 g/mol. The standard InChI is InChI=1S/C25H20F3NO2S/c1-3-20(32)15-11-16(13-17(12-15)25(26,27)28)21-22(30)23(31-24(21)29-2)19-10-6-8-14-7-4-5-9-18(14)19/h4-13,23,29H,3H2,1-2H3. The molecule has 7 heteroatoms. The first-order chi connectivity index (χ1) is 15.2. The van der Waals surface area contributed by atoms with Gasteiger partial charge in [0.1, 0.15) is 0 Å². The molecule has 3 nitrogen and oxygen atoms in total. The zero-order valence-corrected chi connectivity index (χ0v) is 18.2. The average molecular weight is 456 g/mol. The minimum Gasteiger partial charge on any atom is -0.462 e. The van der Waals surface area contributed by atoms with Crippen molar-refractivity contribution in [1.82, 2.24) is 5.32 Å². The fourth-order valence-electron chi connectivity index (χ4n) is 3.92. The number of benzene rings is 3. The topological polar surface area (TPSA) is 38.3 Å². The smallest absolute Gasteiger partial charge is 0.416 e. The molecule has 0 spiro atoms. The second kappa shape index (κ2) is 8.39. The lowest BCUT2D eigenvalue weighted by molar-refractivity contribution is -0.137. The van der Waals surface area contributed by atoms with Gasteiger partial charge in [0, 0.05) is 17.5 Å². The van der Waals surface area contributed by atoms with Crippen LogP contribution in [0, 0.1) is 0 Å². The molecule has 0 aliphatic carbocycles. The number of alkyl halides is 3. The van der Waals surface area contributed by atoms with Crippen molar-refractivity contribution < 1.29 is 22.7 Å². The summed E-state index contributed by atoms with van der Waals surface area (Å²) >= 11 is 5.26. The Hall–Kier alpha value is -3.19. The predicted octanol–water partition coefficient (Wildman–Crippen LogP) is 6.22. The summed E-state index contributed by atoms with van der Waals surface area (Å²) in [5.74, 6) is -0.265. The van der Waals surface area contributed by atoms with Crippen molar-refractivity contribution in [3.05, 3.63) is 88.8 Å². The zero-order chi connectivity index (χ0) is 23.0. The number of carbonyl (C=O) groups is 1. The first-order valence-electron chi connectivity index (χ1n) is 10.1. The maximum atomic E-state index is 13.6. The van der Waals surface area contributed by atoms with Crippen LogP contribution in [0.25, 0.3) is 16.3 Å². The summed E-state index contributed by atoms with van der Waals surface area (Å²) in [6, 6.07) is 16.7. The van der Waals surface area contributed by atoms with Crippen molar-refractivity contribution in [2.24, 2.45) is 0 Å². The van der Waals surface area contributed by atoms with Gasteiger partial charge in [-0.05, 0) is 46.5 Å². The SMILES string of the molecule is CCC(=S)c1cc(C2=C(NC)OC(c3cccc4ccccc34)C2=O)cc(C(F)(F)F)c1. The van der Waals surface area contributed by atoms with Gasteiger partial charge in [-0.15, -0.1) is 0 Å². The molecule has 0 saturated heterocycles. The van der Waals surface area contributed by atoms with Gasteiger partial charge in [-0.1, -0.05) is 61.6 Å². The molecule has 1 aliphatic rings. The largest absolute Gasteiger partial charge is 0.462 e. The Morgan fingerprint density at radius 3 is 2.50 bits per heavy atom. The van der Waals surface area contributed by atoms with E-state index in [1.165, 1.54) is 6.07 Å². The molecule has 1 N–H and O–H groups in total. The number of ether oxygens (including phenoxy) is 1. The van der Waals surface area contributed by atoms with Gasteiger partial charge in [-0.3, -0.25) is 4.79 Å². The molecule has 1 atom stereocenters. The molecule has 0 radical (unpaired) electrons. The second-order valence-electron chi connectivity index (χ2n) is 7.46. The number of nitrogens with one attached hydrogen (secondary N) is 1. The van der Waals surface area contributed by atoms with E-state index in [2.05, 4.69) is 5.32 Å². The molecule has 3 aromatic carbocycles. The second-order valence-corrected chi connectivity index (χ2v) is 7.95. The fraction of sp³-hybridized carbons (Fsp3) is 0.200. The van der Waals surface area contributed by atoms with Gasteiger partial charge in [-0.25, -0.2) is 0 Å². The zero-order valence-electron chi connectivity index (χ0n) is 17.4. The van der Waals surface area contributed by atoms with E-state index in [4.69, 9.17) is 17.0 Å². The van der Waals surface area contributed by atoms with Crippen LogP contribution >= 0.6 is 12.2 Å². The highest BCUT2D eigenvalue weighted by molar-refractivity contribution is 7.80. The monoisotopic (exact) mass is 455 g/mol. The van der Waals surface area contributed by atoms with Crippen LogP contribution in [0.15, 0.2) is 66.5 Å². The fourth-order valence-corrected chi connectivity index (χ4v) is 4.03. The van der Waals surface area contributed by atoms with Crippen molar-refractivity contribution in [3.63, 3.8) is 0 Å². The number of carbonyl (C=O) groups excluding carboxylic acids is 1. The molecule has 0 aromatic heterocycles. The highest BCUT2D eigenvalue weighted by atomic mass is 32.1. The van der Waals surface area contributed by atoms with Crippen molar-refractivity contribution in [1.29, 1.82) is 0 Å². The summed E-state index contributed by atoms with van der Waals surface area (Å²) in [5.41, 5.74) is 0.286. The third kappa shape index (κ3) is 3.88. The van der Waals surface area contributed by atoms with Crippen LogP contribution in [-0.4, -0.2) is 17.7 Å².